The second-order valence-electron chi connectivity index (χ2n) is 5.88. The summed E-state index contributed by atoms with van der Waals surface area (Å²) in [5.41, 5.74) is 1.17. The van der Waals surface area contributed by atoms with Crippen molar-refractivity contribution in [2.75, 3.05) is 0 Å². The van der Waals surface area contributed by atoms with Crippen LogP contribution < -0.4 is 0 Å². The molecule has 0 aliphatic heterocycles. The molecule has 0 unspecified atom stereocenters. The molecule has 0 atom stereocenters. The van der Waals surface area contributed by atoms with E-state index in [9.17, 15) is 0 Å². The van der Waals surface area contributed by atoms with Crippen LogP contribution in [-0.4, -0.2) is 0 Å². The van der Waals surface area contributed by atoms with E-state index in [4.69, 9.17) is 0 Å². The monoisotopic (exact) mass is 284 g/mol. The summed E-state index contributed by atoms with van der Waals surface area (Å²) < 4.78 is 0. The third-order valence-corrected chi connectivity index (χ3v) is 3.65. The normalized spacial score (nSPS) is 10.5. The lowest BCUT2D eigenvalue weighted by Crippen LogP contribution is -1.79. The zero-order valence-electron chi connectivity index (χ0n) is 13.1. The van der Waals surface area contributed by atoms with Gasteiger partial charge >= 0.3 is 0 Å². The number of hydrogen-bond acceptors (Lipinski definition) is 0. The van der Waals surface area contributed by atoms with Crippen LogP contribution in [0.1, 0.15) is 13.8 Å². The van der Waals surface area contributed by atoms with Crippen molar-refractivity contribution in [3.05, 3.63) is 84.9 Å². The van der Waals surface area contributed by atoms with Gasteiger partial charge in [-0.15, -0.1) is 6.58 Å². The summed E-state index contributed by atoms with van der Waals surface area (Å²) in [5.74, 6) is 0. The molecule has 0 heteroatoms. The molecule has 108 valence electrons. The number of hydrogen-bond donors (Lipinski definition) is 0. The first-order valence-electron chi connectivity index (χ1n) is 7.58. The van der Waals surface area contributed by atoms with Gasteiger partial charge in [-0.25, -0.2) is 0 Å². The average Bonchev–Trinajstić information content (AvgIpc) is 2.54. The van der Waals surface area contributed by atoms with Crippen molar-refractivity contribution >= 4 is 32.3 Å². The smallest absolute Gasteiger partial charge is 0.00990 e. The maximum absolute atomic E-state index is 3.56. The molecule has 22 heavy (non-hydrogen) atoms. The van der Waals surface area contributed by atoms with Gasteiger partial charge in [0.1, 0.15) is 0 Å². The van der Waals surface area contributed by atoms with E-state index in [0.717, 1.165) is 0 Å². The van der Waals surface area contributed by atoms with Gasteiger partial charge in [-0.05, 0) is 46.2 Å². The minimum absolute atomic E-state index is 1.17. The highest BCUT2D eigenvalue weighted by Crippen LogP contribution is 2.30. The van der Waals surface area contributed by atoms with E-state index in [0.29, 0.717) is 0 Å². The minimum Gasteiger partial charge on any atom is -0.100 e. The van der Waals surface area contributed by atoms with E-state index < -0.39 is 0 Å². The van der Waals surface area contributed by atoms with E-state index in [1.165, 1.54) is 37.9 Å². The Morgan fingerprint density at radius 3 is 1.32 bits per heavy atom. The number of allylic oxidation sites excluding steroid dienone is 1. The van der Waals surface area contributed by atoms with Crippen molar-refractivity contribution in [3.63, 3.8) is 0 Å². The maximum atomic E-state index is 3.56. The highest BCUT2D eigenvalue weighted by Gasteiger charge is 2.03. The fraction of sp³-hybridized carbons (Fsp3) is 0.0909. The Balaban J connectivity index is 0.000000325. The van der Waals surface area contributed by atoms with Gasteiger partial charge in [0.25, 0.3) is 0 Å². The number of fused-ring (bicyclic) bond motifs is 5. The van der Waals surface area contributed by atoms with Crippen LogP contribution >= 0.6 is 0 Å². The van der Waals surface area contributed by atoms with Crippen LogP contribution in [-0.2, 0) is 0 Å². The molecule has 0 bridgehead atoms. The summed E-state index contributed by atoms with van der Waals surface area (Å²) in [6.07, 6.45) is 0. The van der Waals surface area contributed by atoms with E-state index in [1.807, 2.05) is 13.8 Å². The van der Waals surface area contributed by atoms with Crippen LogP contribution in [0.2, 0.25) is 0 Å². The largest absolute Gasteiger partial charge is 0.100 e. The predicted molar refractivity (Wildman–Crippen MR) is 99.4 cm³/mol. The highest BCUT2D eigenvalue weighted by molar-refractivity contribution is 6.17. The summed E-state index contributed by atoms with van der Waals surface area (Å²) in [6.45, 7) is 7.50. The first-order chi connectivity index (χ1) is 10.7. The van der Waals surface area contributed by atoms with Crippen molar-refractivity contribution in [3.8, 4) is 0 Å². The summed E-state index contributed by atoms with van der Waals surface area (Å²) in [7, 11) is 0. The minimum atomic E-state index is 1.17. The summed E-state index contributed by atoms with van der Waals surface area (Å²) >= 11 is 0. The summed E-state index contributed by atoms with van der Waals surface area (Å²) in [5, 5.41) is 7.96. The van der Waals surface area contributed by atoms with Crippen LogP contribution in [0.4, 0.5) is 0 Å². The Hall–Kier alpha value is -2.60. The van der Waals surface area contributed by atoms with Crippen LogP contribution in [0.3, 0.4) is 0 Å². The molecule has 0 spiro atoms. The average molecular weight is 284 g/mol. The second-order valence-corrected chi connectivity index (χ2v) is 5.88. The van der Waals surface area contributed by atoms with Gasteiger partial charge < -0.3 is 0 Å². The number of rotatable bonds is 0. The van der Waals surface area contributed by atoms with Crippen molar-refractivity contribution < 1.29 is 0 Å². The van der Waals surface area contributed by atoms with Gasteiger partial charge in [-0.2, -0.15) is 0 Å². The molecule has 0 aliphatic carbocycles. The molecule has 0 amide bonds. The van der Waals surface area contributed by atoms with Crippen LogP contribution in [0, 0.1) is 0 Å². The fourth-order valence-electron chi connectivity index (χ4n) is 2.77. The van der Waals surface area contributed by atoms with Crippen LogP contribution in [0.15, 0.2) is 84.9 Å². The van der Waals surface area contributed by atoms with Gasteiger partial charge in [0.15, 0.2) is 0 Å². The standard InChI is InChI=1S/C18H12.C4H8/c1-3-7-15-13(5-1)9-11-18-16-8-4-2-6-14(16)10-12-17(15)18;1-4(2)3/h1-12H;1H2,2-3H3. The fourth-order valence-corrected chi connectivity index (χ4v) is 2.77. The third kappa shape index (κ3) is 2.73. The van der Waals surface area contributed by atoms with Crippen molar-refractivity contribution in [1.82, 2.24) is 0 Å². The molecule has 0 radical (unpaired) electrons. The zero-order valence-corrected chi connectivity index (χ0v) is 13.1. The predicted octanol–water partition coefficient (Wildman–Crippen LogP) is 6.73. The lowest BCUT2D eigenvalue weighted by Gasteiger charge is -2.07. The molecule has 0 nitrogen and oxygen atoms in total. The quantitative estimate of drug-likeness (QED) is 0.248. The van der Waals surface area contributed by atoms with E-state index in [1.54, 1.807) is 0 Å². The third-order valence-electron chi connectivity index (χ3n) is 3.65. The Morgan fingerprint density at radius 1 is 0.545 bits per heavy atom. The molecule has 0 aromatic heterocycles. The van der Waals surface area contributed by atoms with E-state index in [-0.39, 0.29) is 0 Å². The summed E-state index contributed by atoms with van der Waals surface area (Å²) in [6, 6.07) is 26.0. The molecule has 0 saturated heterocycles. The lowest BCUT2D eigenvalue weighted by atomic mass is 9.97. The molecular weight excluding hydrogens is 264 g/mol. The Labute approximate surface area is 131 Å². The first kappa shape index (κ1) is 14.3. The molecule has 0 N–H and O–H groups in total. The van der Waals surface area contributed by atoms with E-state index in [2.05, 4.69) is 79.4 Å². The van der Waals surface area contributed by atoms with Crippen molar-refractivity contribution in [2.24, 2.45) is 0 Å². The Morgan fingerprint density at radius 2 is 0.909 bits per heavy atom. The number of benzene rings is 4. The lowest BCUT2D eigenvalue weighted by molar-refractivity contribution is 1.42. The van der Waals surface area contributed by atoms with Gasteiger partial charge in [0.05, 0.1) is 0 Å². The first-order valence-corrected chi connectivity index (χ1v) is 7.58. The molecule has 4 rings (SSSR count). The molecular formula is C22H20. The van der Waals surface area contributed by atoms with Crippen molar-refractivity contribution in [2.45, 2.75) is 13.8 Å². The van der Waals surface area contributed by atoms with Crippen LogP contribution in [0.5, 0.6) is 0 Å². The molecule has 4 aromatic rings. The Bertz CT molecular complexity index is 882. The molecule has 0 saturated carbocycles. The van der Waals surface area contributed by atoms with Gasteiger partial charge in [-0.3, -0.25) is 0 Å². The maximum Gasteiger partial charge on any atom is -0.00990 e. The van der Waals surface area contributed by atoms with Gasteiger partial charge in [0.2, 0.25) is 0 Å². The van der Waals surface area contributed by atoms with E-state index >= 15 is 0 Å². The molecule has 0 heterocycles. The topological polar surface area (TPSA) is 0 Å². The van der Waals surface area contributed by atoms with Gasteiger partial charge in [0, 0.05) is 0 Å². The SMILES string of the molecule is C=C(C)C.c1ccc2c(c1)ccc1c3ccccc3ccc21. The highest BCUT2D eigenvalue weighted by atomic mass is 14.1. The summed E-state index contributed by atoms with van der Waals surface area (Å²) in [4.78, 5) is 0. The van der Waals surface area contributed by atoms with Crippen LogP contribution in [0.25, 0.3) is 32.3 Å². The molecule has 0 aliphatic rings. The zero-order chi connectivity index (χ0) is 15.5. The second kappa shape index (κ2) is 6.03. The molecule has 4 aromatic carbocycles. The Kier molecular flexibility index (Phi) is 3.93. The van der Waals surface area contributed by atoms with Crippen molar-refractivity contribution in [1.29, 1.82) is 0 Å². The molecule has 0 fully saturated rings. The van der Waals surface area contributed by atoms with Gasteiger partial charge in [-0.1, -0.05) is 78.4 Å².